The van der Waals surface area contributed by atoms with Crippen molar-refractivity contribution in [1.82, 2.24) is 10.3 Å². The summed E-state index contributed by atoms with van der Waals surface area (Å²) in [5, 5.41) is 28.9. The molecular weight excluding hydrogens is 517 g/mol. The SMILES string of the molecule is NS(=O)(=O)CCCC1CCCC(CCNc2nonc2C(Cc2ccc(F)c(Br)c2)=NO)C1. The number of aromatic nitrogens is 2. The number of nitrogens with two attached hydrogens (primary N) is 1. The van der Waals surface area contributed by atoms with Gasteiger partial charge in [-0.1, -0.05) is 30.5 Å². The van der Waals surface area contributed by atoms with Crippen LogP contribution in [0.15, 0.2) is 32.5 Å². The number of hydrogen-bond donors (Lipinski definition) is 3. The van der Waals surface area contributed by atoms with Gasteiger partial charge in [0.25, 0.3) is 0 Å². The lowest BCUT2D eigenvalue weighted by Gasteiger charge is -2.29. The zero-order chi connectivity index (χ0) is 23.8. The minimum absolute atomic E-state index is 0.0429. The second-order valence-electron chi connectivity index (χ2n) is 8.56. The summed E-state index contributed by atoms with van der Waals surface area (Å²) >= 11 is 3.15. The van der Waals surface area contributed by atoms with E-state index < -0.39 is 10.0 Å². The lowest BCUT2D eigenvalue weighted by molar-refractivity contribution is 0.246. The summed E-state index contributed by atoms with van der Waals surface area (Å²) in [5.74, 6) is 1.13. The van der Waals surface area contributed by atoms with Gasteiger partial charge >= 0.3 is 0 Å². The van der Waals surface area contributed by atoms with E-state index in [9.17, 15) is 18.0 Å². The van der Waals surface area contributed by atoms with Crippen molar-refractivity contribution >= 4 is 37.5 Å². The highest BCUT2D eigenvalue weighted by Gasteiger charge is 2.23. The van der Waals surface area contributed by atoms with E-state index in [4.69, 9.17) is 9.77 Å². The predicted molar refractivity (Wildman–Crippen MR) is 126 cm³/mol. The summed E-state index contributed by atoms with van der Waals surface area (Å²) in [6, 6.07) is 4.55. The fourth-order valence-electron chi connectivity index (χ4n) is 4.40. The molecule has 9 nitrogen and oxygen atoms in total. The van der Waals surface area contributed by atoms with E-state index in [0.29, 0.717) is 40.8 Å². The molecule has 1 heterocycles. The Labute approximate surface area is 201 Å². The number of primary sulfonamides is 1. The van der Waals surface area contributed by atoms with Crippen LogP contribution in [0.4, 0.5) is 10.2 Å². The third-order valence-corrected chi connectivity index (χ3v) is 7.48. The van der Waals surface area contributed by atoms with Gasteiger partial charge in [0, 0.05) is 13.0 Å². The molecule has 12 heteroatoms. The standard InChI is InChI=1S/C21H29BrFN5O4S/c22-17-12-16(6-7-18(17)23)13-19(26-29)20-21(28-32-27-20)25-9-8-15-4-1-3-14(11-15)5-2-10-33(24,30)31/h6-7,12,14-15,29H,1-5,8-11,13H2,(H,25,28)(H2,24,30,31). The molecule has 0 saturated heterocycles. The van der Waals surface area contributed by atoms with Crippen LogP contribution in [0, 0.1) is 17.7 Å². The molecule has 1 aromatic heterocycles. The van der Waals surface area contributed by atoms with Crippen LogP contribution in [0.1, 0.15) is 56.2 Å². The second-order valence-corrected chi connectivity index (χ2v) is 11.1. The van der Waals surface area contributed by atoms with Crippen molar-refractivity contribution in [3.8, 4) is 0 Å². The number of hydrogen-bond acceptors (Lipinski definition) is 8. The van der Waals surface area contributed by atoms with Crippen LogP contribution in [0.2, 0.25) is 0 Å². The van der Waals surface area contributed by atoms with Crippen molar-refractivity contribution in [1.29, 1.82) is 0 Å². The Morgan fingerprint density at radius 3 is 2.76 bits per heavy atom. The monoisotopic (exact) mass is 545 g/mol. The molecule has 1 aliphatic rings. The molecule has 4 N–H and O–H groups in total. The molecular formula is C21H29BrFN5O4S. The van der Waals surface area contributed by atoms with Crippen LogP contribution in [0.3, 0.4) is 0 Å². The van der Waals surface area contributed by atoms with Crippen LogP contribution in [0.5, 0.6) is 0 Å². The molecule has 2 atom stereocenters. The van der Waals surface area contributed by atoms with E-state index in [-0.39, 0.29) is 23.7 Å². The van der Waals surface area contributed by atoms with Crippen LogP contribution in [-0.4, -0.2) is 41.9 Å². The van der Waals surface area contributed by atoms with Gasteiger partial charge in [-0.2, -0.15) is 0 Å². The van der Waals surface area contributed by atoms with E-state index in [2.05, 4.69) is 36.7 Å². The quantitative estimate of drug-likeness (QED) is 0.219. The highest BCUT2D eigenvalue weighted by atomic mass is 79.9. The first-order valence-electron chi connectivity index (χ1n) is 11.0. The molecule has 0 aliphatic heterocycles. The molecule has 1 aliphatic carbocycles. The summed E-state index contributed by atoms with van der Waals surface area (Å²) in [4.78, 5) is 0. The summed E-state index contributed by atoms with van der Waals surface area (Å²) in [7, 11) is -3.39. The largest absolute Gasteiger partial charge is 0.411 e. The molecule has 1 aromatic carbocycles. The summed E-state index contributed by atoms with van der Waals surface area (Å²) in [5.41, 5.74) is 1.30. The van der Waals surface area contributed by atoms with Gasteiger partial charge in [-0.3, -0.25) is 0 Å². The van der Waals surface area contributed by atoms with Gasteiger partial charge in [0.1, 0.15) is 11.5 Å². The minimum Gasteiger partial charge on any atom is -0.411 e. The Balaban J connectivity index is 1.50. The highest BCUT2D eigenvalue weighted by molar-refractivity contribution is 9.10. The first-order chi connectivity index (χ1) is 15.7. The molecule has 2 aromatic rings. The average molecular weight is 546 g/mol. The van der Waals surface area contributed by atoms with Crippen LogP contribution in [-0.2, 0) is 16.4 Å². The molecule has 1 fully saturated rings. The lowest BCUT2D eigenvalue weighted by Crippen LogP contribution is -2.21. The van der Waals surface area contributed by atoms with Gasteiger partial charge in [-0.05, 0) is 81.5 Å². The van der Waals surface area contributed by atoms with Crippen molar-refractivity contribution in [2.45, 2.75) is 51.4 Å². The minimum atomic E-state index is -3.39. The van der Waals surface area contributed by atoms with Crippen molar-refractivity contribution in [3.63, 3.8) is 0 Å². The molecule has 182 valence electrons. The number of halogens is 2. The fourth-order valence-corrected chi connectivity index (χ4v) is 5.39. The van der Waals surface area contributed by atoms with Crippen molar-refractivity contribution in [2.24, 2.45) is 22.1 Å². The van der Waals surface area contributed by atoms with Crippen molar-refractivity contribution in [2.75, 3.05) is 17.6 Å². The molecule has 0 radical (unpaired) electrons. The molecule has 33 heavy (non-hydrogen) atoms. The Hall–Kier alpha value is -2.05. The fraction of sp³-hybridized carbons (Fsp3) is 0.571. The van der Waals surface area contributed by atoms with Gasteiger partial charge in [-0.25, -0.2) is 22.6 Å². The van der Waals surface area contributed by atoms with E-state index >= 15 is 0 Å². The van der Waals surface area contributed by atoms with Crippen LogP contribution in [0.25, 0.3) is 0 Å². The van der Waals surface area contributed by atoms with E-state index in [0.717, 1.165) is 44.1 Å². The maximum Gasteiger partial charge on any atom is 0.209 e. The number of nitrogens with zero attached hydrogens (tertiary/aromatic N) is 3. The lowest BCUT2D eigenvalue weighted by atomic mass is 9.78. The number of sulfonamides is 1. The first kappa shape index (κ1) is 25.6. The molecule has 3 rings (SSSR count). The Morgan fingerprint density at radius 1 is 1.30 bits per heavy atom. The Kier molecular flexibility index (Phi) is 9.21. The summed E-state index contributed by atoms with van der Waals surface area (Å²) in [6.07, 6.45) is 7.11. The van der Waals surface area contributed by atoms with E-state index in [1.54, 1.807) is 12.1 Å². The van der Waals surface area contributed by atoms with Crippen LogP contribution >= 0.6 is 15.9 Å². The maximum atomic E-state index is 13.5. The van der Waals surface area contributed by atoms with E-state index in [1.807, 2.05) is 0 Å². The summed E-state index contributed by atoms with van der Waals surface area (Å²) in [6.45, 7) is 0.649. The first-order valence-corrected chi connectivity index (χ1v) is 13.5. The molecule has 2 unspecified atom stereocenters. The van der Waals surface area contributed by atoms with Crippen molar-refractivity contribution in [3.05, 3.63) is 39.7 Å². The number of rotatable bonds is 11. The third kappa shape index (κ3) is 8.04. The van der Waals surface area contributed by atoms with Gasteiger partial charge in [0.15, 0.2) is 11.5 Å². The predicted octanol–water partition coefficient (Wildman–Crippen LogP) is 4.07. The Bertz CT molecular complexity index is 1060. The van der Waals surface area contributed by atoms with Gasteiger partial charge in [-0.15, -0.1) is 0 Å². The zero-order valence-corrected chi connectivity index (χ0v) is 20.6. The zero-order valence-electron chi connectivity index (χ0n) is 18.2. The second kappa shape index (κ2) is 11.9. The van der Waals surface area contributed by atoms with E-state index in [1.165, 1.54) is 6.07 Å². The number of anilines is 1. The van der Waals surface area contributed by atoms with Gasteiger partial charge in [0.2, 0.25) is 10.0 Å². The highest BCUT2D eigenvalue weighted by Crippen LogP contribution is 2.33. The number of benzene rings is 1. The molecule has 0 amide bonds. The number of oxime groups is 1. The summed E-state index contributed by atoms with van der Waals surface area (Å²) < 4.78 is 40.9. The molecule has 1 saturated carbocycles. The van der Waals surface area contributed by atoms with Crippen molar-refractivity contribution < 1.29 is 22.6 Å². The third-order valence-electron chi connectivity index (χ3n) is 6.02. The van der Waals surface area contributed by atoms with Gasteiger partial charge in [0.05, 0.1) is 10.2 Å². The maximum absolute atomic E-state index is 13.5. The number of nitrogens with one attached hydrogen (secondary N) is 1. The Morgan fingerprint density at radius 2 is 2.06 bits per heavy atom. The molecule has 0 spiro atoms. The van der Waals surface area contributed by atoms with Crippen LogP contribution < -0.4 is 10.5 Å². The average Bonchev–Trinajstić information content (AvgIpc) is 3.22. The van der Waals surface area contributed by atoms with Gasteiger partial charge < -0.3 is 10.5 Å². The molecule has 0 bridgehead atoms. The normalized spacial score (nSPS) is 19.5. The smallest absolute Gasteiger partial charge is 0.209 e. The topological polar surface area (TPSA) is 144 Å².